The fourth-order valence-electron chi connectivity index (χ4n) is 0.747. The van der Waals surface area contributed by atoms with Crippen LogP contribution in [0.3, 0.4) is 0 Å². The lowest BCUT2D eigenvalue weighted by atomic mass is 10.2. The van der Waals surface area contributed by atoms with Crippen molar-refractivity contribution in [2.24, 2.45) is 5.73 Å². The molecule has 0 aliphatic carbocycles. The molecule has 0 aromatic heterocycles. The maximum absolute atomic E-state index is 10.7. The highest BCUT2D eigenvalue weighted by molar-refractivity contribution is 7.76. The lowest BCUT2D eigenvalue weighted by molar-refractivity contribution is -0.114. The first-order valence-corrected chi connectivity index (χ1v) is 5.44. The summed E-state index contributed by atoms with van der Waals surface area (Å²) in [7, 11) is -4.23. The van der Waals surface area contributed by atoms with E-state index in [-0.39, 0.29) is 6.42 Å². The van der Waals surface area contributed by atoms with Crippen molar-refractivity contribution in [1.82, 2.24) is 0 Å². The molecule has 0 amide bonds. The minimum absolute atomic E-state index is 0.0112. The molecule has 5 N–H and O–H groups in total. The second kappa shape index (κ2) is 5.56. The maximum atomic E-state index is 10.7. The van der Waals surface area contributed by atoms with Crippen LogP contribution in [0.25, 0.3) is 0 Å². The lowest BCUT2D eigenvalue weighted by Crippen LogP contribution is -2.05. The highest BCUT2D eigenvalue weighted by atomic mass is 31.2. The number of hydrogen-bond acceptors (Lipinski definition) is 5. The maximum Gasteiger partial charge on any atom is 0.478 e. The molecule has 5 nitrogen and oxygen atoms in total. The summed E-state index contributed by atoms with van der Waals surface area (Å²) in [6.45, 7) is 0.561. The van der Waals surface area contributed by atoms with E-state index in [1.165, 1.54) is 0 Å². The second-order valence-electron chi connectivity index (χ2n) is 2.56. The van der Waals surface area contributed by atoms with Gasteiger partial charge in [-0.2, -0.15) is 14.7 Å². The third-order valence-electron chi connectivity index (χ3n) is 1.43. The average molecular weight is 196 g/mol. The van der Waals surface area contributed by atoms with Gasteiger partial charge in [-0.05, 0) is 19.4 Å². The van der Waals surface area contributed by atoms with E-state index in [4.69, 9.17) is 20.4 Å². The molecule has 0 unspecified atom stereocenters. The summed E-state index contributed by atoms with van der Waals surface area (Å²) < 4.78 is 0. The number of hydrogen-bond donors (Lipinski definition) is 4. The van der Waals surface area contributed by atoms with Crippen molar-refractivity contribution >= 4 is 13.5 Å². The second-order valence-corrected chi connectivity index (χ2v) is 4.20. The van der Waals surface area contributed by atoms with Crippen LogP contribution in [-0.2, 0) is 4.79 Å². The summed E-state index contributed by atoms with van der Waals surface area (Å²) >= 11 is 0. The van der Waals surface area contributed by atoms with E-state index in [9.17, 15) is 4.79 Å². The fraction of sp³-hybridized carbons (Fsp3) is 0.833. The van der Waals surface area contributed by atoms with E-state index >= 15 is 0 Å². The Kier molecular flexibility index (Phi) is 5.53. The predicted octanol–water partition coefficient (Wildman–Crippen LogP) is -0.228. The Labute approximate surface area is 71.8 Å². The molecule has 6 heteroatoms. The lowest BCUT2D eigenvalue weighted by Gasteiger charge is -2.00. The van der Waals surface area contributed by atoms with Gasteiger partial charge in [-0.15, -0.1) is 0 Å². The first-order valence-electron chi connectivity index (χ1n) is 3.79. The third-order valence-corrected chi connectivity index (χ3v) is 2.32. The van der Waals surface area contributed by atoms with Crippen LogP contribution in [0.5, 0.6) is 0 Å². The monoisotopic (exact) mass is 196 g/mol. The predicted molar refractivity (Wildman–Crippen MR) is 46.1 cm³/mol. The zero-order chi connectivity index (χ0) is 9.61. The number of carbonyl (C=O) groups excluding carboxylic acids is 1. The van der Waals surface area contributed by atoms with E-state index in [1.54, 1.807) is 0 Å². The van der Waals surface area contributed by atoms with Crippen LogP contribution in [0, 0.1) is 0 Å². The van der Waals surface area contributed by atoms with Crippen molar-refractivity contribution in [1.29, 1.82) is 0 Å². The standard InChI is InChI=1S/C6H15NO4P/c7-5-3-1-2-4-6(8)12(9,10)11/h9-11H,1-5,7H2/q+1. The number of carbonyl (C=O) groups is 1. The zero-order valence-electron chi connectivity index (χ0n) is 6.81. The zero-order valence-corrected chi connectivity index (χ0v) is 7.70. The van der Waals surface area contributed by atoms with Gasteiger partial charge in [0.1, 0.15) is 0 Å². The first-order chi connectivity index (χ1) is 5.48. The molecule has 0 aliphatic heterocycles. The number of nitrogens with two attached hydrogens (primary N) is 1. The van der Waals surface area contributed by atoms with Crippen LogP contribution < -0.4 is 5.73 Å². The third kappa shape index (κ3) is 5.57. The minimum atomic E-state index is -4.23. The number of rotatable bonds is 6. The Bertz CT molecular complexity index is 145. The van der Waals surface area contributed by atoms with Gasteiger partial charge in [0, 0.05) is 0 Å². The van der Waals surface area contributed by atoms with Crippen molar-refractivity contribution in [2.45, 2.75) is 25.7 Å². The Morgan fingerprint density at radius 2 is 1.75 bits per heavy atom. The molecular weight excluding hydrogens is 181 g/mol. The summed E-state index contributed by atoms with van der Waals surface area (Å²) in [4.78, 5) is 36.2. The van der Waals surface area contributed by atoms with Crippen LogP contribution in [0.4, 0.5) is 0 Å². The van der Waals surface area contributed by atoms with Gasteiger partial charge in [-0.1, -0.05) is 6.42 Å². The van der Waals surface area contributed by atoms with Crippen molar-refractivity contribution in [3.8, 4) is 0 Å². The minimum Gasteiger partial charge on any atom is -0.330 e. The quantitative estimate of drug-likeness (QED) is 0.347. The van der Waals surface area contributed by atoms with Gasteiger partial charge in [0.05, 0.1) is 6.42 Å². The highest BCUT2D eigenvalue weighted by Gasteiger charge is 2.41. The van der Waals surface area contributed by atoms with Gasteiger partial charge in [-0.3, -0.25) is 0 Å². The fourth-order valence-corrected chi connectivity index (χ4v) is 1.21. The topological polar surface area (TPSA) is 104 Å². The molecule has 0 aliphatic rings. The van der Waals surface area contributed by atoms with Crippen molar-refractivity contribution in [2.75, 3.05) is 6.54 Å². The van der Waals surface area contributed by atoms with E-state index < -0.39 is 13.5 Å². The average Bonchev–Trinajstić information content (AvgIpc) is 1.96. The Morgan fingerprint density at radius 3 is 2.17 bits per heavy atom. The SMILES string of the molecule is NCCCCCC(=O)[P+](O)(O)O. The summed E-state index contributed by atoms with van der Waals surface area (Å²) in [5.74, 6) is 0. The Morgan fingerprint density at radius 1 is 1.17 bits per heavy atom. The van der Waals surface area contributed by atoms with E-state index in [2.05, 4.69) is 0 Å². The molecule has 0 heterocycles. The molecule has 0 aromatic carbocycles. The Hall–Kier alpha value is -0.0600. The van der Waals surface area contributed by atoms with E-state index in [0.717, 1.165) is 12.8 Å². The van der Waals surface area contributed by atoms with Gasteiger partial charge in [0.25, 0.3) is 0 Å². The van der Waals surface area contributed by atoms with Crippen LogP contribution in [0.15, 0.2) is 0 Å². The van der Waals surface area contributed by atoms with Gasteiger partial charge >= 0.3 is 13.5 Å². The largest absolute Gasteiger partial charge is 0.478 e. The Balaban J connectivity index is 3.45. The molecule has 0 fully saturated rings. The van der Waals surface area contributed by atoms with Crippen LogP contribution in [0.2, 0.25) is 0 Å². The smallest absolute Gasteiger partial charge is 0.330 e. The first kappa shape index (κ1) is 11.9. The molecule has 0 bridgehead atoms. The summed E-state index contributed by atoms with van der Waals surface area (Å²) in [5.41, 5.74) is 4.34. The van der Waals surface area contributed by atoms with E-state index in [1.807, 2.05) is 0 Å². The molecule has 72 valence electrons. The van der Waals surface area contributed by atoms with Crippen LogP contribution in [0.1, 0.15) is 25.7 Å². The molecule has 0 atom stereocenters. The summed E-state index contributed by atoms with van der Waals surface area (Å²) in [6.07, 6.45) is 2.12. The normalized spacial score (nSPS) is 11.7. The van der Waals surface area contributed by atoms with E-state index in [0.29, 0.717) is 13.0 Å². The van der Waals surface area contributed by atoms with Crippen molar-refractivity contribution < 1.29 is 19.5 Å². The number of unbranched alkanes of at least 4 members (excludes halogenated alkanes) is 2. The van der Waals surface area contributed by atoms with Gasteiger partial charge in [0.2, 0.25) is 0 Å². The molecule has 0 aromatic rings. The molecule has 12 heavy (non-hydrogen) atoms. The molecule has 0 rings (SSSR count). The molecule has 0 radical (unpaired) electrons. The van der Waals surface area contributed by atoms with Gasteiger partial charge < -0.3 is 5.73 Å². The van der Waals surface area contributed by atoms with Crippen molar-refractivity contribution in [3.63, 3.8) is 0 Å². The molecular formula is C6H15NO4P+. The highest BCUT2D eigenvalue weighted by Crippen LogP contribution is 2.46. The van der Waals surface area contributed by atoms with Gasteiger partial charge in [0.15, 0.2) is 0 Å². The summed E-state index contributed by atoms with van der Waals surface area (Å²) in [6, 6.07) is 0. The molecule has 0 saturated heterocycles. The molecule has 0 spiro atoms. The van der Waals surface area contributed by atoms with Gasteiger partial charge in [-0.25, -0.2) is 4.79 Å². The van der Waals surface area contributed by atoms with Crippen LogP contribution >= 0.6 is 7.94 Å². The van der Waals surface area contributed by atoms with Crippen LogP contribution in [-0.4, -0.2) is 26.7 Å². The summed E-state index contributed by atoms with van der Waals surface area (Å²) in [5, 5.41) is 0. The van der Waals surface area contributed by atoms with Crippen molar-refractivity contribution in [3.05, 3.63) is 0 Å². The molecule has 0 saturated carbocycles.